The van der Waals surface area contributed by atoms with Crippen molar-refractivity contribution in [1.82, 2.24) is 15.1 Å². The molecule has 2 heterocycles. The fraction of sp³-hybridized carbons (Fsp3) is 0.381. The van der Waals surface area contributed by atoms with Crippen LogP contribution in [0.2, 0.25) is 0 Å². The first-order chi connectivity index (χ1) is 14.0. The van der Waals surface area contributed by atoms with Crippen LogP contribution in [0.4, 0.5) is 5.82 Å². The zero-order valence-electron chi connectivity index (χ0n) is 17.2. The quantitative estimate of drug-likeness (QED) is 0.662. The van der Waals surface area contributed by atoms with Gasteiger partial charge in [-0.2, -0.15) is 0 Å². The summed E-state index contributed by atoms with van der Waals surface area (Å²) in [5.74, 6) is 2.45. The van der Waals surface area contributed by atoms with Crippen molar-refractivity contribution in [3.63, 3.8) is 0 Å². The van der Waals surface area contributed by atoms with Crippen LogP contribution in [0.15, 0.2) is 36.4 Å². The van der Waals surface area contributed by atoms with Crippen LogP contribution >= 0.6 is 0 Å². The van der Waals surface area contributed by atoms with E-state index >= 15 is 0 Å². The third kappa shape index (κ3) is 5.16. The first-order valence-corrected chi connectivity index (χ1v) is 9.37. The number of hydrogen-bond donors (Lipinski definition) is 0. The molecular weight excluding hydrogens is 372 g/mol. The highest BCUT2D eigenvalue weighted by Crippen LogP contribution is 2.28. The number of anilines is 1. The lowest BCUT2D eigenvalue weighted by atomic mass is 10.2. The zero-order chi connectivity index (χ0) is 20.8. The molecule has 1 unspecified atom stereocenters. The maximum absolute atomic E-state index is 12.5. The molecule has 1 aromatic carbocycles. The summed E-state index contributed by atoms with van der Waals surface area (Å²) in [6.07, 6.45) is 4.00. The number of carbonyl (C=O) groups excluding carboxylic acids is 1. The van der Waals surface area contributed by atoms with Crippen LogP contribution in [-0.2, 0) is 4.79 Å². The highest BCUT2D eigenvalue weighted by Gasteiger charge is 2.26. The Bertz CT molecular complexity index is 867. The van der Waals surface area contributed by atoms with E-state index in [2.05, 4.69) is 10.2 Å². The highest BCUT2D eigenvalue weighted by atomic mass is 16.5. The van der Waals surface area contributed by atoms with Crippen molar-refractivity contribution in [2.24, 2.45) is 0 Å². The Morgan fingerprint density at radius 1 is 1.14 bits per heavy atom. The average molecular weight is 398 g/mol. The summed E-state index contributed by atoms with van der Waals surface area (Å²) in [7, 11) is 6.98. The summed E-state index contributed by atoms with van der Waals surface area (Å²) in [5, 5.41) is 8.19. The van der Waals surface area contributed by atoms with Gasteiger partial charge in [-0.05, 0) is 29.8 Å². The number of carbonyl (C=O) groups is 1. The van der Waals surface area contributed by atoms with E-state index in [0.29, 0.717) is 30.5 Å². The second kappa shape index (κ2) is 9.27. The van der Waals surface area contributed by atoms with E-state index in [1.54, 1.807) is 37.3 Å². The molecule has 0 spiro atoms. The van der Waals surface area contributed by atoms with Crippen molar-refractivity contribution < 1.29 is 19.0 Å². The molecule has 0 N–H and O–H groups in total. The normalized spacial score (nSPS) is 16.1. The number of methoxy groups -OCH3 is 2. The number of likely N-dealkylation sites (tertiary alicyclic amines) is 1. The molecular formula is C21H26N4O4. The van der Waals surface area contributed by atoms with E-state index in [1.807, 2.05) is 43.3 Å². The molecule has 1 aliphatic heterocycles. The number of amides is 1. The molecule has 29 heavy (non-hydrogen) atoms. The van der Waals surface area contributed by atoms with Crippen LogP contribution in [-0.4, -0.2) is 68.5 Å². The third-order valence-corrected chi connectivity index (χ3v) is 4.65. The molecule has 1 aromatic heterocycles. The van der Waals surface area contributed by atoms with E-state index in [0.717, 1.165) is 17.8 Å². The molecule has 0 radical (unpaired) electrons. The fourth-order valence-corrected chi connectivity index (χ4v) is 3.04. The van der Waals surface area contributed by atoms with Crippen LogP contribution in [0.1, 0.15) is 12.0 Å². The predicted octanol–water partition coefficient (Wildman–Crippen LogP) is 2.25. The molecule has 8 heteroatoms. The van der Waals surface area contributed by atoms with Gasteiger partial charge in [-0.25, -0.2) is 0 Å². The van der Waals surface area contributed by atoms with E-state index in [4.69, 9.17) is 14.2 Å². The molecule has 1 atom stereocenters. The number of benzene rings is 1. The van der Waals surface area contributed by atoms with E-state index in [9.17, 15) is 4.79 Å². The third-order valence-electron chi connectivity index (χ3n) is 4.65. The molecule has 154 valence electrons. The maximum Gasteiger partial charge on any atom is 0.246 e. The summed E-state index contributed by atoms with van der Waals surface area (Å²) in [4.78, 5) is 16.1. The summed E-state index contributed by atoms with van der Waals surface area (Å²) in [6.45, 7) is 1.16. The van der Waals surface area contributed by atoms with Gasteiger partial charge in [0.25, 0.3) is 0 Å². The molecule has 1 saturated heterocycles. The molecule has 0 bridgehead atoms. The number of nitrogens with zero attached hydrogens (tertiary/aromatic N) is 4. The van der Waals surface area contributed by atoms with Crippen LogP contribution in [0, 0.1) is 0 Å². The summed E-state index contributed by atoms with van der Waals surface area (Å²) >= 11 is 0. The van der Waals surface area contributed by atoms with Gasteiger partial charge >= 0.3 is 0 Å². The molecule has 3 rings (SSSR count). The Morgan fingerprint density at radius 3 is 2.59 bits per heavy atom. The fourth-order valence-electron chi connectivity index (χ4n) is 3.04. The Balaban J connectivity index is 1.55. The van der Waals surface area contributed by atoms with Crippen molar-refractivity contribution in [3.8, 4) is 17.4 Å². The lowest BCUT2D eigenvalue weighted by Gasteiger charge is -2.16. The second-order valence-corrected chi connectivity index (χ2v) is 6.88. The number of hydrogen-bond acceptors (Lipinski definition) is 7. The van der Waals surface area contributed by atoms with Crippen molar-refractivity contribution >= 4 is 17.8 Å². The lowest BCUT2D eigenvalue weighted by Crippen LogP contribution is -2.29. The molecule has 2 aromatic rings. The van der Waals surface area contributed by atoms with Gasteiger partial charge in [-0.3, -0.25) is 4.79 Å². The largest absolute Gasteiger partial charge is 0.493 e. The van der Waals surface area contributed by atoms with Gasteiger partial charge in [0.1, 0.15) is 6.10 Å². The van der Waals surface area contributed by atoms with Crippen molar-refractivity contribution in [3.05, 3.63) is 42.0 Å². The first-order valence-electron chi connectivity index (χ1n) is 9.37. The van der Waals surface area contributed by atoms with Crippen molar-refractivity contribution in [2.75, 3.05) is 46.3 Å². The minimum Gasteiger partial charge on any atom is -0.493 e. The lowest BCUT2D eigenvalue weighted by molar-refractivity contribution is -0.125. The van der Waals surface area contributed by atoms with E-state index < -0.39 is 0 Å². The minimum atomic E-state index is -0.0899. The Labute approximate surface area is 170 Å². The smallest absolute Gasteiger partial charge is 0.246 e. The van der Waals surface area contributed by atoms with Gasteiger partial charge in [0, 0.05) is 39.2 Å². The van der Waals surface area contributed by atoms with Gasteiger partial charge in [-0.1, -0.05) is 6.07 Å². The number of aromatic nitrogens is 2. The second-order valence-electron chi connectivity index (χ2n) is 6.88. The van der Waals surface area contributed by atoms with Gasteiger partial charge < -0.3 is 24.0 Å². The summed E-state index contributed by atoms with van der Waals surface area (Å²) < 4.78 is 16.4. The molecule has 1 aliphatic rings. The van der Waals surface area contributed by atoms with Crippen molar-refractivity contribution in [1.29, 1.82) is 0 Å². The molecule has 0 aliphatic carbocycles. The minimum absolute atomic E-state index is 0.0556. The van der Waals surface area contributed by atoms with E-state index in [-0.39, 0.29) is 12.0 Å². The molecule has 1 fully saturated rings. The average Bonchev–Trinajstić information content (AvgIpc) is 3.20. The standard InChI is InChI=1S/C21H26N4O4/c1-24(2)19-8-9-20(23-22-19)29-16-11-12-25(14-16)21(26)10-6-15-5-7-17(27-3)18(13-15)28-4/h5-10,13,16H,11-12,14H2,1-4H3/b10-6+. The van der Waals surface area contributed by atoms with Crippen LogP contribution in [0.3, 0.4) is 0 Å². The number of rotatable bonds is 7. The summed E-state index contributed by atoms with van der Waals surface area (Å²) in [5.41, 5.74) is 0.860. The summed E-state index contributed by atoms with van der Waals surface area (Å²) in [6, 6.07) is 9.16. The SMILES string of the molecule is COc1ccc(/C=C/C(=O)N2CCC(Oc3ccc(N(C)C)nn3)C2)cc1OC. The molecule has 1 amide bonds. The molecule has 0 saturated carbocycles. The molecule has 8 nitrogen and oxygen atoms in total. The zero-order valence-corrected chi connectivity index (χ0v) is 17.2. The first kappa shape index (κ1) is 20.4. The maximum atomic E-state index is 12.5. The Morgan fingerprint density at radius 2 is 1.93 bits per heavy atom. The van der Waals surface area contributed by atoms with Gasteiger partial charge in [-0.15, -0.1) is 10.2 Å². The Hall–Kier alpha value is -3.29. The van der Waals surface area contributed by atoms with Crippen LogP contribution in [0.5, 0.6) is 17.4 Å². The van der Waals surface area contributed by atoms with Crippen LogP contribution in [0.25, 0.3) is 6.08 Å². The van der Waals surface area contributed by atoms with Crippen LogP contribution < -0.4 is 19.1 Å². The van der Waals surface area contributed by atoms with Gasteiger partial charge in [0.05, 0.1) is 20.8 Å². The van der Waals surface area contributed by atoms with Gasteiger partial charge in [0.15, 0.2) is 17.3 Å². The van der Waals surface area contributed by atoms with Gasteiger partial charge in [0.2, 0.25) is 11.8 Å². The monoisotopic (exact) mass is 398 g/mol. The predicted molar refractivity (Wildman–Crippen MR) is 111 cm³/mol. The highest BCUT2D eigenvalue weighted by molar-refractivity contribution is 5.92. The number of ether oxygens (including phenoxy) is 3. The Kier molecular flexibility index (Phi) is 6.54. The van der Waals surface area contributed by atoms with Crippen molar-refractivity contribution in [2.45, 2.75) is 12.5 Å². The topological polar surface area (TPSA) is 77.0 Å². The van der Waals surface area contributed by atoms with E-state index in [1.165, 1.54) is 0 Å².